The minimum absolute atomic E-state index is 0.181. The number of rotatable bonds is 6. The van der Waals surface area contributed by atoms with E-state index in [0.717, 1.165) is 16.7 Å². The van der Waals surface area contributed by atoms with Gasteiger partial charge in [-0.1, -0.05) is 56.3 Å². The van der Waals surface area contributed by atoms with E-state index in [1.165, 1.54) is 4.90 Å². The molecule has 6 nitrogen and oxygen atoms in total. The highest BCUT2D eigenvalue weighted by molar-refractivity contribution is 6.04. The lowest BCUT2D eigenvalue weighted by atomic mass is 10.00. The smallest absolute Gasteiger partial charge is 0.326 e. The molecule has 1 atom stereocenters. The second-order valence-electron chi connectivity index (χ2n) is 8.23. The Hall–Kier alpha value is -3.93. The molecule has 0 spiro atoms. The summed E-state index contributed by atoms with van der Waals surface area (Å²) < 4.78 is 0. The van der Waals surface area contributed by atoms with Gasteiger partial charge in [0.1, 0.15) is 6.04 Å². The van der Waals surface area contributed by atoms with Crippen LogP contribution in [0.2, 0.25) is 0 Å². The number of hydrogen-bond donors (Lipinski definition) is 2. The molecule has 3 aromatic carbocycles. The summed E-state index contributed by atoms with van der Waals surface area (Å²) in [5, 5.41) is 12.4. The summed E-state index contributed by atoms with van der Waals surface area (Å²) >= 11 is 0. The van der Waals surface area contributed by atoms with Crippen molar-refractivity contribution in [3.63, 3.8) is 0 Å². The molecule has 162 valence electrons. The highest BCUT2D eigenvalue weighted by Crippen LogP contribution is 2.31. The number of carboxylic acids is 1. The second-order valence-corrected chi connectivity index (χ2v) is 8.23. The number of nitrogens with zero attached hydrogens (tertiary/aromatic N) is 1. The Labute approximate surface area is 186 Å². The Morgan fingerprint density at radius 1 is 0.938 bits per heavy atom. The largest absolute Gasteiger partial charge is 0.480 e. The van der Waals surface area contributed by atoms with Crippen LogP contribution in [0.4, 0.5) is 5.69 Å². The fourth-order valence-electron chi connectivity index (χ4n) is 4.04. The average molecular weight is 428 g/mol. The molecule has 6 heteroatoms. The SMILES string of the molecule is CC(C)C(C(=O)O)N1Cc2ccc(-c3ccc(NC(=O)c4ccccc4)cc3)cc2C1=O. The fraction of sp³-hybridized carbons (Fsp3) is 0.192. The molecule has 32 heavy (non-hydrogen) atoms. The quantitative estimate of drug-likeness (QED) is 0.597. The highest BCUT2D eigenvalue weighted by Gasteiger charge is 2.38. The van der Waals surface area contributed by atoms with E-state index in [4.69, 9.17) is 0 Å². The van der Waals surface area contributed by atoms with Gasteiger partial charge >= 0.3 is 5.97 Å². The third-order valence-corrected chi connectivity index (χ3v) is 5.67. The molecular weight excluding hydrogens is 404 g/mol. The Kier molecular flexibility index (Phi) is 5.77. The number of carboxylic acid groups (broad SMARTS) is 1. The van der Waals surface area contributed by atoms with E-state index >= 15 is 0 Å². The maximum Gasteiger partial charge on any atom is 0.326 e. The van der Waals surface area contributed by atoms with Gasteiger partial charge in [-0.15, -0.1) is 0 Å². The van der Waals surface area contributed by atoms with Crippen molar-refractivity contribution in [2.45, 2.75) is 26.4 Å². The molecule has 2 N–H and O–H groups in total. The Morgan fingerprint density at radius 2 is 1.59 bits per heavy atom. The maximum atomic E-state index is 13.0. The number of benzene rings is 3. The first kappa shape index (κ1) is 21.3. The number of carbonyl (C=O) groups excluding carboxylic acids is 2. The molecule has 0 aliphatic carbocycles. The molecule has 4 rings (SSSR count). The van der Waals surface area contributed by atoms with Crippen LogP contribution in [0.1, 0.15) is 40.1 Å². The zero-order valence-electron chi connectivity index (χ0n) is 17.9. The van der Waals surface area contributed by atoms with Gasteiger partial charge < -0.3 is 15.3 Å². The van der Waals surface area contributed by atoms with E-state index in [0.29, 0.717) is 23.4 Å². The lowest BCUT2D eigenvalue weighted by molar-refractivity contribution is -0.144. The average Bonchev–Trinajstić information content (AvgIpc) is 3.10. The Balaban J connectivity index is 1.53. The van der Waals surface area contributed by atoms with Crippen molar-refractivity contribution in [1.82, 2.24) is 4.90 Å². The topological polar surface area (TPSA) is 86.7 Å². The van der Waals surface area contributed by atoms with E-state index in [1.807, 2.05) is 60.7 Å². The minimum Gasteiger partial charge on any atom is -0.480 e. The van der Waals surface area contributed by atoms with Gasteiger partial charge in [0.25, 0.3) is 11.8 Å². The van der Waals surface area contributed by atoms with Gasteiger partial charge in [0.05, 0.1) is 0 Å². The van der Waals surface area contributed by atoms with Crippen molar-refractivity contribution in [2.75, 3.05) is 5.32 Å². The number of hydrogen-bond acceptors (Lipinski definition) is 3. The lowest BCUT2D eigenvalue weighted by Crippen LogP contribution is -2.44. The molecular formula is C26H24N2O4. The van der Waals surface area contributed by atoms with Gasteiger partial charge in [-0.2, -0.15) is 0 Å². The van der Waals surface area contributed by atoms with E-state index in [2.05, 4.69) is 5.32 Å². The summed E-state index contributed by atoms with van der Waals surface area (Å²) in [7, 11) is 0. The standard InChI is InChI=1S/C26H24N2O4/c1-16(2)23(26(31)32)28-15-20-9-8-19(14-22(20)25(28)30)17-10-12-21(13-11-17)27-24(29)18-6-4-3-5-7-18/h3-14,16,23H,15H2,1-2H3,(H,27,29)(H,31,32). The van der Waals surface area contributed by atoms with Crippen molar-refractivity contribution in [2.24, 2.45) is 5.92 Å². The summed E-state index contributed by atoms with van der Waals surface area (Å²) in [6.07, 6.45) is 0. The first-order valence-corrected chi connectivity index (χ1v) is 10.5. The van der Waals surface area contributed by atoms with Crippen LogP contribution >= 0.6 is 0 Å². The van der Waals surface area contributed by atoms with E-state index in [9.17, 15) is 19.5 Å². The van der Waals surface area contributed by atoms with Gasteiger partial charge in [0.2, 0.25) is 0 Å². The van der Waals surface area contributed by atoms with Crippen LogP contribution in [-0.2, 0) is 11.3 Å². The lowest BCUT2D eigenvalue weighted by Gasteiger charge is -2.27. The first-order chi connectivity index (χ1) is 15.3. The molecule has 0 bridgehead atoms. The predicted molar refractivity (Wildman–Crippen MR) is 122 cm³/mol. The first-order valence-electron chi connectivity index (χ1n) is 10.5. The number of amides is 2. The van der Waals surface area contributed by atoms with Crippen molar-refractivity contribution >= 4 is 23.5 Å². The zero-order valence-corrected chi connectivity index (χ0v) is 17.9. The number of anilines is 1. The zero-order chi connectivity index (χ0) is 22.8. The molecule has 1 heterocycles. The molecule has 3 aromatic rings. The van der Waals surface area contributed by atoms with Gasteiger partial charge in [-0.3, -0.25) is 9.59 Å². The van der Waals surface area contributed by atoms with Gasteiger partial charge in [0, 0.05) is 23.4 Å². The summed E-state index contributed by atoms with van der Waals surface area (Å²) in [6.45, 7) is 3.91. The van der Waals surface area contributed by atoms with Crippen LogP contribution in [0.25, 0.3) is 11.1 Å². The molecule has 1 aliphatic rings. The minimum atomic E-state index is -0.991. The molecule has 1 unspecified atom stereocenters. The summed E-state index contributed by atoms with van der Waals surface area (Å²) in [4.78, 5) is 38.4. The van der Waals surface area contributed by atoms with E-state index in [-0.39, 0.29) is 17.7 Å². The second kappa shape index (κ2) is 8.67. The van der Waals surface area contributed by atoms with Crippen molar-refractivity contribution in [3.8, 4) is 11.1 Å². The van der Waals surface area contributed by atoms with Gasteiger partial charge in [-0.25, -0.2) is 4.79 Å². The van der Waals surface area contributed by atoms with Crippen LogP contribution in [0.3, 0.4) is 0 Å². The van der Waals surface area contributed by atoms with Crippen LogP contribution < -0.4 is 5.32 Å². The molecule has 0 aromatic heterocycles. The summed E-state index contributed by atoms with van der Waals surface area (Å²) in [5.74, 6) is -1.62. The predicted octanol–water partition coefficient (Wildman–Crippen LogP) is 4.67. The van der Waals surface area contributed by atoms with Gasteiger partial charge in [0.15, 0.2) is 0 Å². The van der Waals surface area contributed by atoms with Crippen LogP contribution in [-0.4, -0.2) is 33.8 Å². The molecule has 0 radical (unpaired) electrons. The molecule has 2 amide bonds. The highest BCUT2D eigenvalue weighted by atomic mass is 16.4. The molecule has 1 aliphatic heterocycles. The van der Waals surface area contributed by atoms with E-state index in [1.54, 1.807) is 26.0 Å². The molecule has 0 saturated heterocycles. The summed E-state index contributed by atoms with van der Waals surface area (Å²) in [5.41, 5.74) is 4.38. The van der Waals surface area contributed by atoms with Gasteiger partial charge in [-0.05, 0) is 52.9 Å². The van der Waals surface area contributed by atoms with Crippen LogP contribution in [0, 0.1) is 5.92 Å². The van der Waals surface area contributed by atoms with Crippen LogP contribution in [0.15, 0.2) is 72.8 Å². The number of fused-ring (bicyclic) bond motifs is 1. The van der Waals surface area contributed by atoms with Crippen LogP contribution in [0.5, 0.6) is 0 Å². The van der Waals surface area contributed by atoms with Crippen molar-refractivity contribution in [1.29, 1.82) is 0 Å². The van der Waals surface area contributed by atoms with Crippen molar-refractivity contribution in [3.05, 3.63) is 89.5 Å². The monoisotopic (exact) mass is 428 g/mol. The fourth-order valence-corrected chi connectivity index (χ4v) is 4.04. The Morgan fingerprint density at radius 3 is 2.22 bits per heavy atom. The third kappa shape index (κ3) is 4.12. The number of carbonyl (C=O) groups is 3. The normalized spacial score (nSPS) is 13.7. The maximum absolute atomic E-state index is 13.0. The molecule has 0 saturated carbocycles. The molecule has 0 fully saturated rings. The van der Waals surface area contributed by atoms with E-state index < -0.39 is 12.0 Å². The summed E-state index contributed by atoms with van der Waals surface area (Å²) in [6, 6.07) is 21.2. The number of aliphatic carboxylic acids is 1. The van der Waals surface area contributed by atoms with Crippen molar-refractivity contribution < 1.29 is 19.5 Å². The number of nitrogens with one attached hydrogen (secondary N) is 1. The Bertz CT molecular complexity index is 1170. The third-order valence-electron chi connectivity index (χ3n) is 5.67.